The van der Waals surface area contributed by atoms with Crippen LogP contribution in [0.3, 0.4) is 0 Å². The molecule has 2 heterocycles. The second kappa shape index (κ2) is 12.2. The van der Waals surface area contributed by atoms with Gasteiger partial charge in [0, 0.05) is 37.2 Å². The Morgan fingerprint density at radius 3 is 2.08 bits per heavy atom. The first kappa shape index (κ1) is 28.4. The third-order valence-electron chi connectivity index (χ3n) is 8.61. The van der Waals surface area contributed by atoms with E-state index in [2.05, 4.69) is 4.90 Å². The maximum atomic E-state index is 13.4. The average molecular weight is 586 g/mol. The Labute approximate surface area is 246 Å². The lowest BCUT2D eigenvalue weighted by atomic mass is 9.70. The van der Waals surface area contributed by atoms with E-state index in [0.29, 0.717) is 27.2 Å². The molecule has 0 aromatic heterocycles. The number of amides is 1. The van der Waals surface area contributed by atoms with E-state index in [0.717, 1.165) is 75.8 Å². The quantitative estimate of drug-likeness (QED) is 0.291. The van der Waals surface area contributed by atoms with Gasteiger partial charge in [0.2, 0.25) is 0 Å². The van der Waals surface area contributed by atoms with E-state index >= 15 is 0 Å². The van der Waals surface area contributed by atoms with Crippen molar-refractivity contribution in [3.8, 4) is 0 Å². The van der Waals surface area contributed by atoms with Crippen molar-refractivity contribution in [3.63, 3.8) is 0 Å². The van der Waals surface area contributed by atoms with Gasteiger partial charge in [0.25, 0.3) is 5.91 Å². The maximum absolute atomic E-state index is 13.4. The Balaban J connectivity index is 1.30. The summed E-state index contributed by atoms with van der Waals surface area (Å²) < 4.78 is 0. The standard InChI is InChI=1S/C32H35Cl3N2O2/c33-27-21-26(22-28(34)29(27)35)31(14-8-18-37(23-31)30(38)24-9-3-1-4-10-24)13-7-17-36-19-15-32(39,16-20-36)25-11-5-2-6-12-25/h1-6,9-12,21-22,39H,7-8,13-20,23H2. The third kappa shape index (κ3) is 6.31. The molecule has 1 unspecified atom stereocenters. The Morgan fingerprint density at radius 2 is 1.44 bits per heavy atom. The zero-order valence-corrected chi connectivity index (χ0v) is 24.4. The Morgan fingerprint density at radius 1 is 0.821 bits per heavy atom. The Kier molecular flexibility index (Phi) is 8.90. The van der Waals surface area contributed by atoms with Gasteiger partial charge in [0.05, 0.1) is 20.7 Å². The molecule has 1 N–H and O–H groups in total. The van der Waals surface area contributed by atoms with Crippen LogP contribution in [0.25, 0.3) is 0 Å². The molecule has 0 bridgehead atoms. The number of aliphatic hydroxyl groups is 1. The summed E-state index contributed by atoms with van der Waals surface area (Å²) in [5, 5.41) is 12.5. The number of piperidine rings is 2. The minimum Gasteiger partial charge on any atom is -0.385 e. The molecule has 2 fully saturated rings. The van der Waals surface area contributed by atoms with E-state index in [-0.39, 0.29) is 11.3 Å². The number of carbonyl (C=O) groups excluding carboxylic acids is 1. The predicted molar refractivity (Wildman–Crippen MR) is 160 cm³/mol. The highest BCUT2D eigenvalue weighted by molar-refractivity contribution is 6.48. The molecule has 0 radical (unpaired) electrons. The molecule has 7 heteroatoms. The number of carbonyl (C=O) groups is 1. The molecule has 1 atom stereocenters. The molecular weight excluding hydrogens is 551 g/mol. The molecule has 0 aliphatic carbocycles. The monoisotopic (exact) mass is 584 g/mol. The van der Waals surface area contributed by atoms with Crippen molar-refractivity contribution in [2.75, 3.05) is 32.7 Å². The third-order valence-corrected chi connectivity index (χ3v) is 9.80. The van der Waals surface area contributed by atoms with Crippen LogP contribution in [0.5, 0.6) is 0 Å². The summed E-state index contributed by atoms with van der Waals surface area (Å²) in [5.74, 6) is 0.0575. The van der Waals surface area contributed by atoms with Crippen molar-refractivity contribution >= 4 is 40.7 Å². The van der Waals surface area contributed by atoms with Gasteiger partial charge in [0.1, 0.15) is 0 Å². The summed E-state index contributed by atoms with van der Waals surface area (Å²) in [6.45, 7) is 4.00. The number of hydrogen-bond acceptors (Lipinski definition) is 3. The van der Waals surface area contributed by atoms with Gasteiger partial charge in [-0.25, -0.2) is 0 Å². The molecule has 0 saturated carbocycles. The van der Waals surface area contributed by atoms with E-state index in [4.69, 9.17) is 34.8 Å². The van der Waals surface area contributed by atoms with Crippen molar-refractivity contribution in [2.45, 2.75) is 49.5 Å². The lowest BCUT2D eigenvalue weighted by molar-refractivity contribution is -0.0265. The SMILES string of the molecule is O=C(c1ccccc1)N1CCCC(CCCN2CCC(O)(c3ccccc3)CC2)(c2cc(Cl)c(Cl)c(Cl)c2)C1. The molecule has 3 aromatic carbocycles. The van der Waals surface area contributed by atoms with Crippen LogP contribution in [-0.4, -0.2) is 53.5 Å². The van der Waals surface area contributed by atoms with Crippen molar-refractivity contribution in [1.82, 2.24) is 9.80 Å². The number of nitrogens with zero attached hydrogens (tertiary/aromatic N) is 2. The highest BCUT2D eigenvalue weighted by atomic mass is 35.5. The van der Waals surface area contributed by atoms with Crippen LogP contribution < -0.4 is 0 Å². The topological polar surface area (TPSA) is 43.8 Å². The van der Waals surface area contributed by atoms with Crippen molar-refractivity contribution in [3.05, 3.63) is 105 Å². The van der Waals surface area contributed by atoms with Crippen LogP contribution in [0, 0.1) is 0 Å². The lowest BCUT2D eigenvalue weighted by Crippen LogP contribution is -2.49. The van der Waals surface area contributed by atoms with Gasteiger partial charge in [-0.2, -0.15) is 0 Å². The summed E-state index contributed by atoms with van der Waals surface area (Å²) >= 11 is 19.3. The molecule has 0 spiro atoms. The van der Waals surface area contributed by atoms with Gasteiger partial charge in [-0.3, -0.25) is 4.79 Å². The zero-order chi connectivity index (χ0) is 27.5. The van der Waals surface area contributed by atoms with Crippen LogP contribution in [0.4, 0.5) is 0 Å². The van der Waals surface area contributed by atoms with Gasteiger partial charge < -0.3 is 14.9 Å². The summed E-state index contributed by atoms with van der Waals surface area (Å²) in [6.07, 6.45) is 5.18. The van der Waals surface area contributed by atoms with Crippen LogP contribution in [0.15, 0.2) is 72.8 Å². The number of benzene rings is 3. The minimum absolute atomic E-state index is 0.0575. The van der Waals surface area contributed by atoms with Crippen molar-refractivity contribution < 1.29 is 9.90 Å². The van der Waals surface area contributed by atoms with Gasteiger partial charge in [-0.05, 0) is 80.5 Å². The summed E-state index contributed by atoms with van der Waals surface area (Å²) in [7, 11) is 0. The second-order valence-corrected chi connectivity index (χ2v) is 12.3. The highest BCUT2D eigenvalue weighted by Crippen LogP contribution is 2.43. The molecule has 2 aliphatic rings. The molecule has 5 rings (SSSR count). The van der Waals surface area contributed by atoms with Crippen molar-refractivity contribution in [2.24, 2.45) is 0 Å². The first-order valence-corrected chi connectivity index (χ1v) is 14.9. The molecule has 4 nitrogen and oxygen atoms in total. The van der Waals surface area contributed by atoms with Crippen molar-refractivity contribution in [1.29, 1.82) is 0 Å². The molecule has 2 aliphatic heterocycles. The average Bonchev–Trinajstić information content (AvgIpc) is 2.97. The van der Waals surface area contributed by atoms with E-state index in [1.165, 1.54) is 0 Å². The fourth-order valence-corrected chi connectivity index (χ4v) is 6.93. The zero-order valence-electron chi connectivity index (χ0n) is 22.1. The molecular formula is C32H35Cl3N2O2. The molecule has 3 aromatic rings. The first-order chi connectivity index (χ1) is 18.8. The fourth-order valence-electron chi connectivity index (χ4n) is 6.34. The van der Waals surface area contributed by atoms with E-state index < -0.39 is 5.60 Å². The van der Waals surface area contributed by atoms with Gasteiger partial charge >= 0.3 is 0 Å². The largest absolute Gasteiger partial charge is 0.385 e. The number of rotatable bonds is 7. The van der Waals surface area contributed by atoms with Crippen LogP contribution in [0.1, 0.15) is 60.0 Å². The lowest BCUT2D eigenvalue weighted by Gasteiger charge is -2.44. The summed E-state index contributed by atoms with van der Waals surface area (Å²) in [5.41, 5.74) is 1.74. The molecule has 1 amide bonds. The fraction of sp³-hybridized carbons (Fsp3) is 0.406. The number of likely N-dealkylation sites (tertiary alicyclic amines) is 2. The number of halogens is 3. The summed E-state index contributed by atoms with van der Waals surface area (Å²) in [4.78, 5) is 17.9. The normalized spacial score (nSPS) is 21.6. The van der Waals surface area contributed by atoms with Crippen LogP contribution in [-0.2, 0) is 11.0 Å². The maximum Gasteiger partial charge on any atom is 0.253 e. The predicted octanol–water partition coefficient (Wildman–Crippen LogP) is 7.58. The first-order valence-electron chi connectivity index (χ1n) is 13.8. The molecule has 39 heavy (non-hydrogen) atoms. The van der Waals surface area contributed by atoms with Gasteiger partial charge in [-0.1, -0.05) is 83.3 Å². The Hall–Kier alpha value is -2.08. The van der Waals surface area contributed by atoms with Gasteiger partial charge in [0.15, 0.2) is 0 Å². The summed E-state index contributed by atoms with van der Waals surface area (Å²) in [6, 6.07) is 23.4. The number of hydrogen-bond donors (Lipinski definition) is 1. The minimum atomic E-state index is -0.753. The van der Waals surface area contributed by atoms with Gasteiger partial charge in [-0.15, -0.1) is 0 Å². The highest BCUT2D eigenvalue weighted by Gasteiger charge is 2.40. The van der Waals surface area contributed by atoms with Crippen LogP contribution in [0.2, 0.25) is 15.1 Å². The Bertz CT molecular complexity index is 1260. The second-order valence-electron chi connectivity index (χ2n) is 11.1. The van der Waals surface area contributed by atoms with E-state index in [9.17, 15) is 9.90 Å². The van der Waals surface area contributed by atoms with E-state index in [1.54, 1.807) is 0 Å². The van der Waals surface area contributed by atoms with Crippen LogP contribution >= 0.6 is 34.8 Å². The smallest absolute Gasteiger partial charge is 0.253 e. The molecule has 2 saturated heterocycles. The van der Waals surface area contributed by atoms with E-state index in [1.807, 2.05) is 77.7 Å². The molecule has 206 valence electrons.